The molecule has 0 atom stereocenters. The zero-order valence-corrected chi connectivity index (χ0v) is 10.4. The van der Waals surface area contributed by atoms with Gasteiger partial charge in [-0.3, -0.25) is 9.69 Å². The summed E-state index contributed by atoms with van der Waals surface area (Å²) in [5.41, 5.74) is 0. The van der Waals surface area contributed by atoms with Crippen molar-refractivity contribution in [2.45, 2.75) is 19.3 Å². The summed E-state index contributed by atoms with van der Waals surface area (Å²) in [7, 11) is 0. The highest BCUT2D eigenvalue weighted by atomic mass is 35.5. The minimum absolute atomic E-state index is 0.255. The second-order valence-corrected chi connectivity index (χ2v) is 4.39. The third-order valence-corrected chi connectivity index (χ3v) is 3.08. The van der Waals surface area contributed by atoms with Crippen LogP contribution in [-0.4, -0.2) is 54.3 Å². The number of rotatable bonds is 5. The molecule has 90 valence electrons. The topological polar surface area (TPSA) is 23.6 Å². The highest BCUT2D eigenvalue weighted by molar-refractivity contribution is 6.17. The Hall–Kier alpha value is -0.720. The number of carbonyl (C=O) groups excluding carboxylic acids is 1. The minimum atomic E-state index is 0.255. The lowest BCUT2D eigenvalue weighted by molar-refractivity contribution is -0.132. The molecule has 3 nitrogen and oxygen atoms in total. The normalized spacial score (nSPS) is 17.1. The van der Waals surface area contributed by atoms with E-state index in [1.165, 1.54) is 0 Å². The van der Waals surface area contributed by atoms with Crippen molar-refractivity contribution in [1.82, 2.24) is 9.80 Å². The molecule has 1 rings (SSSR count). The Morgan fingerprint density at radius 3 is 2.50 bits per heavy atom. The van der Waals surface area contributed by atoms with E-state index in [1.807, 2.05) is 4.90 Å². The number of alkyl halides is 1. The molecule has 1 saturated heterocycles. The molecule has 1 amide bonds. The Labute approximate surface area is 103 Å². The van der Waals surface area contributed by atoms with Gasteiger partial charge < -0.3 is 4.90 Å². The Morgan fingerprint density at radius 1 is 1.25 bits per heavy atom. The lowest BCUT2D eigenvalue weighted by atomic mass is 10.2. The largest absolute Gasteiger partial charge is 0.340 e. The molecule has 0 saturated carbocycles. The van der Waals surface area contributed by atoms with Crippen LogP contribution in [0.25, 0.3) is 0 Å². The first-order valence-electron chi connectivity index (χ1n) is 5.77. The first-order chi connectivity index (χ1) is 7.77. The van der Waals surface area contributed by atoms with Gasteiger partial charge >= 0.3 is 0 Å². The molecule has 0 spiro atoms. The molecular weight excluding hydrogens is 224 g/mol. The number of terminal acetylenes is 1. The maximum absolute atomic E-state index is 11.8. The third kappa shape index (κ3) is 4.42. The molecule has 1 heterocycles. The van der Waals surface area contributed by atoms with E-state index >= 15 is 0 Å². The quantitative estimate of drug-likeness (QED) is 0.411. The summed E-state index contributed by atoms with van der Waals surface area (Å²) in [5, 5.41) is 0. The summed E-state index contributed by atoms with van der Waals surface area (Å²) in [6, 6.07) is 0. The molecule has 0 bridgehead atoms. The summed E-state index contributed by atoms with van der Waals surface area (Å²) in [5.74, 6) is 3.53. The molecule has 4 heteroatoms. The molecule has 0 unspecified atom stereocenters. The fourth-order valence-corrected chi connectivity index (χ4v) is 2.00. The van der Waals surface area contributed by atoms with Gasteiger partial charge in [-0.15, -0.1) is 18.0 Å². The summed E-state index contributed by atoms with van der Waals surface area (Å²) in [6.07, 6.45) is 7.69. The smallest absolute Gasteiger partial charge is 0.222 e. The number of halogens is 1. The fraction of sp³-hybridized carbons (Fsp3) is 0.750. The van der Waals surface area contributed by atoms with Crippen LogP contribution in [0.4, 0.5) is 0 Å². The fourth-order valence-electron chi connectivity index (χ4n) is 1.81. The van der Waals surface area contributed by atoms with Crippen LogP contribution in [0.3, 0.4) is 0 Å². The minimum Gasteiger partial charge on any atom is -0.340 e. The molecule has 0 aromatic carbocycles. The Bertz CT molecular complexity index is 254. The summed E-state index contributed by atoms with van der Waals surface area (Å²) in [6.45, 7) is 4.09. The van der Waals surface area contributed by atoms with Gasteiger partial charge in [-0.25, -0.2) is 0 Å². The number of piperazine rings is 1. The summed E-state index contributed by atoms with van der Waals surface area (Å²) >= 11 is 5.57. The van der Waals surface area contributed by atoms with Gasteiger partial charge in [-0.1, -0.05) is 5.92 Å². The molecule has 16 heavy (non-hydrogen) atoms. The van der Waals surface area contributed by atoms with Gasteiger partial charge in [-0.05, 0) is 12.8 Å². The van der Waals surface area contributed by atoms with Crippen LogP contribution >= 0.6 is 11.6 Å². The zero-order valence-electron chi connectivity index (χ0n) is 9.62. The van der Waals surface area contributed by atoms with Crippen LogP contribution in [0.1, 0.15) is 19.3 Å². The van der Waals surface area contributed by atoms with E-state index in [0.717, 1.165) is 39.0 Å². The van der Waals surface area contributed by atoms with Gasteiger partial charge in [0.2, 0.25) is 5.91 Å². The van der Waals surface area contributed by atoms with Crippen molar-refractivity contribution in [1.29, 1.82) is 0 Å². The zero-order chi connectivity index (χ0) is 11.8. The molecule has 0 aromatic heterocycles. The number of unbranched alkanes of at least 4 members (excludes halogenated alkanes) is 1. The Balaban J connectivity index is 2.20. The van der Waals surface area contributed by atoms with E-state index in [-0.39, 0.29) is 5.91 Å². The number of hydrogen-bond acceptors (Lipinski definition) is 2. The maximum atomic E-state index is 11.8. The van der Waals surface area contributed by atoms with Crippen LogP contribution < -0.4 is 0 Å². The first kappa shape index (κ1) is 13.3. The SMILES string of the molecule is C#CCN1CCN(C(=O)CCCCCl)CC1. The maximum Gasteiger partial charge on any atom is 0.222 e. The average molecular weight is 243 g/mol. The molecule has 1 aliphatic rings. The predicted molar refractivity (Wildman–Crippen MR) is 66.4 cm³/mol. The van der Waals surface area contributed by atoms with E-state index in [4.69, 9.17) is 18.0 Å². The van der Waals surface area contributed by atoms with Gasteiger partial charge in [0.1, 0.15) is 0 Å². The number of hydrogen-bond donors (Lipinski definition) is 0. The van der Waals surface area contributed by atoms with Crippen LogP contribution in [0.5, 0.6) is 0 Å². The van der Waals surface area contributed by atoms with Crippen LogP contribution in [-0.2, 0) is 4.79 Å². The molecule has 0 radical (unpaired) electrons. The second-order valence-electron chi connectivity index (χ2n) is 4.01. The lowest BCUT2D eigenvalue weighted by Crippen LogP contribution is -2.48. The van der Waals surface area contributed by atoms with Gasteiger partial charge in [0, 0.05) is 38.5 Å². The molecule has 0 aromatic rings. The van der Waals surface area contributed by atoms with Gasteiger partial charge in [0.05, 0.1) is 6.54 Å². The van der Waals surface area contributed by atoms with Crippen molar-refractivity contribution in [2.75, 3.05) is 38.6 Å². The van der Waals surface area contributed by atoms with Gasteiger partial charge in [-0.2, -0.15) is 0 Å². The molecule has 0 N–H and O–H groups in total. The molecule has 0 aliphatic carbocycles. The standard InChI is InChI=1S/C12H19ClN2O/c1-2-7-14-8-10-15(11-9-14)12(16)5-3-4-6-13/h1H,3-11H2. The summed E-state index contributed by atoms with van der Waals surface area (Å²) < 4.78 is 0. The second kappa shape index (κ2) is 7.54. The van der Waals surface area contributed by atoms with Crippen molar-refractivity contribution in [3.05, 3.63) is 0 Å². The number of carbonyl (C=O) groups is 1. The van der Waals surface area contributed by atoms with Crippen LogP contribution in [0.2, 0.25) is 0 Å². The van der Waals surface area contributed by atoms with Crippen LogP contribution in [0.15, 0.2) is 0 Å². The molecule has 1 fully saturated rings. The number of nitrogens with zero attached hydrogens (tertiary/aromatic N) is 2. The Kier molecular flexibility index (Phi) is 6.29. The van der Waals surface area contributed by atoms with Crippen molar-refractivity contribution in [3.63, 3.8) is 0 Å². The van der Waals surface area contributed by atoms with E-state index in [9.17, 15) is 4.79 Å². The van der Waals surface area contributed by atoms with E-state index in [0.29, 0.717) is 18.8 Å². The van der Waals surface area contributed by atoms with Crippen LogP contribution in [0, 0.1) is 12.3 Å². The monoisotopic (exact) mass is 242 g/mol. The van der Waals surface area contributed by atoms with Crippen molar-refractivity contribution in [3.8, 4) is 12.3 Å². The van der Waals surface area contributed by atoms with E-state index in [2.05, 4.69) is 10.8 Å². The highest BCUT2D eigenvalue weighted by Crippen LogP contribution is 2.06. The van der Waals surface area contributed by atoms with E-state index in [1.54, 1.807) is 0 Å². The van der Waals surface area contributed by atoms with Crippen molar-refractivity contribution >= 4 is 17.5 Å². The summed E-state index contributed by atoms with van der Waals surface area (Å²) in [4.78, 5) is 15.9. The van der Waals surface area contributed by atoms with Crippen molar-refractivity contribution in [2.24, 2.45) is 0 Å². The van der Waals surface area contributed by atoms with Gasteiger partial charge in [0.25, 0.3) is 0 Å². The first-order valence-corrected chi connectivity index (χ1v) is 6.31. The molecular formula is C12H19ClN2O. The van der Waals surface area contributed by atoms with E-state index < -0.39 is 0 Å². The number of amides is 1. The third-order valence-electron chi connectivity index (χ3n) is 2.81. The molecule has 1 aliphatic heterocycles. The Morgan fingerprint density at radius 2 is 1.94 bits per heavy atom. The predicted octanol–water partition coefficient (Wildman–Crippen LogP) is 1.17. The average Bonchev–Trinajstić information content (AvgIpc) is 2.30. The van der Waals surface area contributed by atoms with Crippen molar-refractivity contribution < 1.29 is 4.79 Å². The highest BCUT2D eigenvalue weighted by Gasteiger charge is 2.19. The lowest BCUT2D eigenvalue weighted by Gasteiger charge is -2.33. The van der Waals surface area contributed by atoms with Gasteiger partial charge in [0.15, 0.2) is 0 Å².